The lowest BCUT2D eigenvalue weighted by Crippen LogP contribution is -2.73. The van der Waals surface area contributed by atoms with Crippen molar-refractivity contribution in [1.29, 1.82) is 0 Å². The standard InChI is InChI=1S/C37H41N3O7/c1-39(2)26-15-16-27(46-19-21-11-7-5-8-12-21)29-24(26)17-23-18-25-31(40(3)4)33(47-20-22-13-9-6-10-14-22)30(36(38)44)35(43)37(25,45)34(42)28(23)32(29)41/h5-16,23,25,30-31,33,41,45H,17-20H2,1-4H3,(H2,38,44)/t23-,25-,30?,31-,33?,37-/m0/s1. The molecule has 0 heterocycles. The molecule has 3 aromatic rings. The van der Waals surface area contributed by atoms with E-state index in [0.29, 0.717) is 17.7 Å². The molecule has 0 bridgehead atoms. The van der Waals surface area contributed by atoms with Gasteiger partial charge in [-0.2, -0.15) is 0 Å². The Labute approximate surface area is 274 Å². The molecule has 2 unspecified atom stereocenters. The van der Waals surface area contributed by atoms with Crippen molar-refractivity contribution in [3.8, 4) is 5.75 Å². The van der Waals surface area contributed by atoms with Gasteiger partial charge in [-0.25, -0.2) is 0 Å². The number of ketones is 2. The summed E-state index contributed by atoms with van der Waals surface area (Å²) in [5, 5.41) is 24.2. The lowest BCUT2D eigenvalue weighted by atomic mass is 9.54. The van der Waals surface area contributed by atoms with Crippen LogP contribution in [0.1, 0.15) is 28.7 Å². The number of anilines is 1. The minimum Gasteiger partial charge on any atom is -0.507 e. The average Bonchev–Trinajstić information content (AvgIpc) is 3.04. The van der Waals surface area contributed by atoms with Gasteiger partial charge in [-0.3, -0.25) is 14.4 Å². The van der Waals surface area contributed by atoms with Gasteiger partial charge in [-0.15, -0.1) is 0 Å². The van der Waals surface area contributed by atoms with Crippen LogP contribution in [0.15, 0.2) is 78.4 Å². The topological polar surface area (TPSA) is 143 Å². The minimum absolute atomic E-state index is 0.0329. The van der Waals surface area contributed by atoms with E-state index >= 15 is 0 Å². The molecule has 246 valence electrons. The highest BCUT2D eigenvalue weighted by molar-refractivity contribution is 6.25. The summed E-state index contributed by atoms with van der Waals surface area (Å²) in [5.41, 5.74) is 6.96. The second-order valence-corrected chi connectivity index (χ2v) is 13.2. The van der Waals surface area contributed by atoms with Crippen LogP contribution in [0.25, 0.3) is 5.76 Å². The molecule has 47 heavy (non-hydrogen) atoms. The molecule has 2 saturated carbocycles. The Hall–Kier alpha value is -4.51. The fourth-order valence-electron chi connectivity index (χ4n) is 7.78. The van der Waals surface area contributed by atoms with Crippen LogP contribution in [0.2, 0.25) is 0 Å². The molecule has 3 aromatic carbocycles. The number of benzene rings is 3. The summed E-state index contributed by atoms with van der Waals surface area (Å²) in [5.74, 6) is -5.87. The number of aliphatic hydroxyl groups excluding tert-OH is 1. The van der Waals surface area contributed by atoms with E-state index in [1.54, 1.807) is 25.1 Å². The molecule has 10 heteroatoms. The number of amides is 1. The van der Waals surface area contributed by atoms with E-state index in [2.05, 4.69) is 0 Å². The number of hydrogen-bond acceptors (Lipinski definition) is 9. The minimum atomic E-state index is -2.59. The second-order valence-electron chi connectivity index (χ2n) is 13.2. The molecule has 0 radical (unpaired) electrons. The summed E-state index contributed by atoms with van der Waals surface area (Å²) in [6.07, 6.45) is -0.459. The first-order valence-corrected chi connectivity index (χ1v) is 15.8. The number of carbonyl (C=O) groups excluding carboxylic acids is 3. The maximum absolute atomic E-state index is 14.5. The number of likely N-dealkylation sites (N-methyl/N-ethyl adjacent to an activating group) is 1. The van der Waals surface area contributed by atoms with Gasteiger partial charge in [0.05, 0.1) is 18.3 Å². The van der Waals surface area contributed by atoms with Gasteiger partial charge in [0.15, 0.2) is 11.4 Å². The molecular formula is C37H41N3O7. The SMILES string of the molecule is CN(C)c1ccc(OCc2ccccc2)c2c1C[C@H]1C[C@H]3[C@H](N(C)C)C(OCc4ccccc4)C(C(N)=O)C(=O)[C@@]3(O)C(=O)C1=C2O. The zero-order chi connectivity index (χ0) is 33.6. The van der Waals surface area contributed by atoms with Gasteiger partial charge >= 0.3 is 0 Å². The van der Waals surface area contributed by atoms with Crippen molar-refractivity contribution in [2.75, 3.05) is 33.1 Å². The fourth-order valence-corrected chi connectivity index (χ4v) is 7.78. The van der Waals surface area contributed by atoms with Crippen molar-refractivity contribution in [3.05, 3.63) is 101 Å². The number of ether oxygens (including phenoxy) is 2. The third-order valence-electron chi connectivity index (χ3n) is 9.91. The number of nitrogens with zero attached hydrogens (tertiary/aromatic N) is 2. The van der Waals surface area contributed by atoms with Crippen LogP contribution >= 0.6 is 0 Å². The zero-order valence-corrected chi connectivity index (χ0v) is 27.1. The molecule has 0 saturated heterocycles. The van der Waals surface area contributed by atoms with E-state index in [4.69, 9.17) is 15.2 Å². The molecule has 1 amide bonds. The number of carbonyl (C=O) groups is 3. The maximum atomic E-state index is 14.5. The third kappa shape index (κ3) is 5.50. The summed E-state index contributed by atoms with van der Waals surface area (Å²) in [6, 6.07) is 21.9. The lowest BCUT2D eigenvalue weighted by molar-refractivity contribution is -0.190. The Balaban J connectivity index is 1.43. The van der Waals surface area contributed by atoms with E-state index in [1.807, 2.05) is 85.7 Å². The first kappa shape index (κ1) is 32.4. The Bertz CT molecular complexity index is 1720. The van der Waals surface area contributed by atoms with Crippen molar-refractivity contribution in [1.82, 2.24) is 4.90 Å². The van der Waals surface area contributed by atoms with Crippen LogP contribution in [-0.2, 0) is 38.8 Å². The Kier molecular flexibility index (Phi) is 8.69. The number of Topliss-reactive ketones (excluding diaryl/α,β-unsaturated/α-hetero) is 2. The predicted octanol–water partition coefficient (Wildman–Crippen LogP) is 3.29. The first-order chi connectivity index (χ1) is 22.4. The van der Waals surface area contributed by atoms with Crippen molar-refractivity contribution in [2.45, 2.75) is 43.8 Å². The van der Waals surface area contributed by atoms with Gasteiger partial charge in [-0.1, -0.05) is 60.7 Å². The number of fused-ring (bicyclic) bond motifs is 3. The summed E-state index contributed by atoms with van der Waals surface area (Å²) in [4.78, 5) is 45.4. The largest absolute Gasteiger partial charge is 0.507 e. The molecule has 0 spiro atoms. The molecule has 0 aromatic heterocycles. The number of aliphatic hydroxyl groups is 2. The molecular weight excluding hydrogens is 598 g/mol. The van der Waals surface area contributed by atoms with Crippen LogP contribution in [-0.4, -0.2) is 78.5 Å². The molecule has 3 aliphatic carbocycles. The summed E-state index contributed by atoms with van der Waals surface area (Å²) in [7, 11) is 7.34. The Morgan fingerprint density at radius 3 is 2.13 bits per heavy atom. The number of hydrogen-bond donors (Lipinski definition) is 3. The number of primary amides is 1. The highest BCUT2D eigenvalue weighted by atomic mass is 16.5. The third-order valence-corrected chi connectivity index (χ3v) is 9.91. The van der Waals surface area contributed by atoms with E-state index in [0.717, 1.165) is 22.4 Å². The molecule has 3 aliphatic rings. The Morgan fingerprint density at radius 1 is 0.936 bits per heavy atom. The number of nitrogens with two attached hydrogens (primary N) is 1. The van der Waals surface area contributed by atoms with E-state index in [1.165, 1.54) is 0 Å². The second kappa shape index (κ2) is 12.6. The maximum Gasteiger partial charge on any atom is 0.230 e. The van der Waals surface area contributed by atoms with Crippen LogP contribution < -0.4 is 15.4 Å². The highest BCUT2D eigenvalue weighted by Gasteiger charge is 2.68. The zero-order valence-electron chi connectivity index (χ0n) is 27.1. The summed E-state index contributed by atoms with van der Waals surface area (Å²) >= 11 is 0. The average molecular weight is 640 g/mol. The fraction of sp³-hybridized carbons (Fsp3) is 0.378. The van der Waals surface area contributed by atoms with E-state index in [-0.39, 0.29) is 31.0 Å². The normalized spacial score (nSPS) is 26.8. The summed E-state index contributed by atoms with van der Waals surface area (Å²) < 4.78 is 12.5. The van der Waals surface area contributed by atoms with Gasteiger partial charge in [0.2, 0.25) is 11.7 Å². The van der Waals surface area contributed by atoms with Crippen LogP contribution in [0.4, 0.5) is 5.69 Å². The van der Waals surface area contributed by atoms with Crippen molar-refractivity contribution >= 4 is 28.9 Å². The van der Waals surface area contributed by atoms with Crippen molar-refractivity contribution in [3.63, 3.8) is 0 Å². The van der Waals surface area contributed by atoms with Crippen molar-refractivity contribution in [2.24, 2.45) is 23.5 Å². The number of rotatable bonds is 9. The lowest BCUT2D eigenvalue weighted by Gasteiger charge is -2.54. The first-order valence-electron chi connectivity index (χ1n) is 15.8. The predicted molar refractivity (Wildman–Crippen MR) is 177 cm³/mol. The monoisotopic (exact) mass is 639 g/mol. The molecule has 4 N–H and O–H groups in total. The van der Waals surface area contributed by atoms with Gasteiger partial charge in [-0.05, 0) is 61.7 Å². The van der Waals surface area contributed by atoms with Gasteiger partial charge in [0, 0.05) is 37.3 Å². The van der Waals surface area contributed by atoms with Gasteiger partial charge in [0.25, 0.3) is 0 Å². The smallest absolute Gasteiger partial charge is 0.230 e. The molecule has 2 fully saturated rings. The van der Waals surface area contributed by atoms with E-state index in [9.17, 15) is 24.6 Å². The van der Waals surface area contributed by atoms with Gasteiger partial charge in [0.1, 0.15) is 24.0 Å². The molecule has 10 nitrogen and oxygen atoms in total. The van der Waals surface area contributed by atoms with Crippen LogP contribution in [0, 0.1) is 17.8 Å². The van der Waals surface area contributed by atoms with E-state index < -0.39 is 53.0 Å². The highest BCUT2D eigenvalue weighted by Crippen LogP contribution is 2.53. The van der Waals surface area contributed by atoms with Crippen LogP contribution in [0.3, 0.4) is 0 Å². The summed E-state index contributed by atoms with van der Waals surface area (Å²) in [6.45, 7) is 0.334. The van der Waals surface area contributed by atoms with Crippen LogP contribution in [0.5, 0.6) is 5.75 Å². The molecule has 6 rings (SSSR count). The van der Waals surface area contributed by atoms with Gasteiger partial charge < -0.3 is 35.2 Å². The molecule has 6 atom stereocenters. The molecule has 0 aliphatic heterocycles. The van der Waals surface area contributed by atoms with Crippen molar-refractivity contribution < 1.29 is 34.1 Å². The Morgan fingerprint density at radius 2 is 1.55 bits per heavy atom. The quantitative estimate of drug-likeness (QED) is 0.301.